The van der Waals surface area contributed by atoms with Crippen LogP contribution in [-0.4, -0.2) is 0 Å². The summed E-state index contributed by atoms with van der Waals surface area (Å²) in [5.74, 6) is 0. The van der Waals surface area contributed by atoms with E-state index in [9.17, 15) is 0 Å². The van der Waals surface area contributed by atoms with Gasteiger partial charge >= 0.3 is 0 Å². The molecular weight excluding hydrogens is 761 g/mol. The van der Waals surface area contributed by atoms with Crippen LogP contribution in [0.15, 0.2) is 211 Å². The fraction of sp³-hybridized carbons (Fsp3) is 0.0645. The summed E-state index contributed by atoms with van der Waals surface area (Å²) < 4.78 is 6.96. The van der Waals surface area contributed by atoms with Crippen LogP contribution in [0.3, 0.4) is 0 Å². The Morgan fingerprint density at radius 3 is 1.56 bits per heavy atom. The minimum Gasteiger partial charge on any atom is -0.455 e. The summed E-state index contributed by atoms with van der Waals surface area (Å²) in [6, 6.07) is 76.0. The van der Waals surface area contributed by atoms with Crippen LogP contribution in [0, 0.1) is 0 Å². The van der Waals surface area contributed by atoms with Gasteiger partial charge in [0, 0.05) is 21.7 Å². The minimum absolute atomic E-state index is 0.888. The van der Waals surface area contributed by atoms with E-state index in [-0.39, 0.29) is 0 Å². The van der Waals surface area contributed by atoms with Gasteiger partial charge in [-0.2, -0.15) is 0 Å². The Hall–Kier alpha value is -7.74. The van der Waals surface area contributed by atoms with Crippen molar-refractivity contribution in [3.8, 4) is 55.6 Å². The molecule has 0 aliphatic heterocycles. The molecule has 12 aromatic rings. The lowest BCUT2D eigenvalue weighted by atomic mass is 9.85. The molecule has 0 radical (unpaired) electrons. The zero-order valence-electron chi connectivity index (χ0n) is 35.5. The highest BCUT2D eigenvalue weighted by Gasteiger charge is 2.21. The third kappa shape index (κ3) is 5.92. The second-order valence-electron chi connectivity index (χ2n) is 16.8. The van der Waals surface area contributed by atoms with E-state index >= 15 is 0 Å². The Morgan fingerprint density at radius 1 is 0.302 bits per heavy atom. The predicted molar refractivity (Wildman–Crippen MR) is 270 cm³/mol. The van der Waals surface area contributed by atoms with E-state index in [0.717, 1.165) is 34.8 Å². The molecule has 0 N–H and O–H groups in total. The smallest absolute Gasteiger partial charge is 0.143 e. The summed E-state index contributed by atoms with van der Waals surface area (Å²) in [4.78, 5) is 0. The second-order valence-corrected chi connectivity index (χ2v) is 16.8. The molecule has 298 valence electrons. The van der Waals surface area contributed by atoms with Crippen molar-refractivity contribution >= 4 is 65.0 Å². The standard InChI is InChI=1S/C62H44O/c1-3-39-17-5-7-22-46(39)50-35-36-56-58-38-57(49-24-9-14-29-55(49)62(58)63-61(56)45(50)4-2)41-31-33-42(34-32-41)59-51-25-10-12-27-53(51)60(54-28-13-11-26-52(54)59)44-21-15-20-43(37-44)48-30-16-19-40-18-6-8-23-47(40)48/h5-38H,3-4H2,1-2H3. The van der Waals surface area contributed by atoms with Gasteiger partial charge in [-0.3, -0.25) is 0 Å². The molecule has 1 heteroatoms. The van der Waals surface area contributed by atoms with Crippen LogP contribution in [0.25, 0.3) is 121 Å². The maximum absolute atomic E-state index is 6.96. The SMILES string of the molecule is CCc1ccccc1-c1ccc2c(oc3c4ccccc4c(-c4ccc(-c5c6ccccc6c(-c6cccc(-c7cccc8ccccc78)c6)c6ccccc56)cc4)cc23)c1CC. The molecule has 0 amide bonds. The molecule has 63 heavy (non-hydrogen) atoms. The van der Waals surface area contributed by atoms with Crippen molar-refractivity contribution in [2.45, 2.75) is 26.7 Å². The topological polar surface area (TPSA) is 13.1 Å². The predicted octanol–water partition coefficient (Wildman–Crippen LogP) is 17.7. The number of hydrogen-bond donors (Lipinski definition) is 0. The maximum atomic E-state index is 6.96. The quantitative estimate of drug-likeness (QED) is 0.146. The molecular formula is C62H44O. The highest BCUT2D eigenvalue weighted by atomic mass is 16.3. The van der Waals surface area contributed by atoms with E-state index in [1.165, 1.54) is 110 Å². The lowest BCUT2D eigenvalue weighted by molar-refractivity contribution is 0.667. The summed E-state index contributed by atoms with van der Waals surface area (Å²) in [5.41, 5.74) is 17.0. The third-order valence-corrected chi connectivity index (χ3v) is 13.5. The Balaban J connectivity index is 1.00. The first-order valence-electron chi connectivity index (χ1n) is 22.3. The number of hydrogen-bond acceptors (Lipinski definition) is 1. The van der Waals surface area contributed by atoms with E-state index in [0.29, 0.717) is 0 Å². The largest absolute Gasteiger partial charge is 0.455 e. The highest BCUT2D eigenvalue weighted by Crippen LogP contribution is 2.47. The fourth-order valence-corrected chi connectivity index (χ4v) is 10.5. The number of rotatable bonds is 7. The molecule has 0 unspecified atom stereocenters. The van der Waals surface area contributed by atoms with Crippen LogP contribution in [0.1, 0.15) is 25.0 Å². The molecule has 11 aromatic carbocycles. The monoisotopic (exact) mass is 804 g/mol. The van der Waals surface area contributed by atoms with Gasteiger partial charge in [0.2, 0.25) is 0 Å². The second kappa shape index (κ2) is 15.0. The van der Waals surface area contributed by atoms with Crippen molar-refractivity contribution in [3.63, 3.8) is 0 Å². The van der Waals surface area contributed by atoms with Crippen LogP contribution in [0.5, 0.6) is 0 Å². The number of aryl methyl sites for hydroxylation is 2. The average molecular weight is 805 g/mol. The molecule has 0 spiro atoms. The average Bonchev–Trinajstić information content (AvgIpc) is 3.74. The van der Waals surface area contributed by atoms with E-state index < -0.39 is 0 Å². The van der Waals surface area contributed by atoms with Gasteiger partial charge in [-0.05, 0) is 130 Å². The van der Waals surface area contributed by atoms with Crippen molar-refractivity contribution < 1.29 is 4.42 Å². The van der Waals surface area contributed by atoms with E-state index in [1.807, 2.05) is 0 Å². The highest BCUT2D eigenvalue weighted by molar-refractivity contribution is 6.22. The van der Waals surface area contributed by atoms with Crippen molar-refractivity contribution in [3.05, 3.63) is 217 Å². The Bertz CT molecular complexity index is 3690. The minimum atomic E-state index is 0.888. The van der Waals surface area contributed by atoms with Crippen LogP contribution in [-0.2, 0) is 12.8 Å². The summed E-state index contributed by atoms with van der Waals surface area (Å²) in [7, 11) is 0. The lowest BCUT2D eigenvalue weighted by Crippen LogP contribution is -1.93. The Morgan fingerprint density at radius 2 is 0.841 bits per heavy atom. The van der Waals surface area contributed by atoms with Crippen molar-refractivity contribution in [1.29, 1.82) is 0 Å². The van der Waals surface area contributed by atoms with Gasteiger partial charge in [0.25, 0.3) is 0 Å². The molecule has 0 saturated carbocycles. The van der Waals surface area contributed by atoms with Crippen molar-refractivity contribution in [2.75, 3.05) is 0 Å². The zero-order chi connectivity index (χ0) is 42.0. The Kier molecular flexibility index (Phi) is 8.83. The molecule has 1 aromatic heterocycles. The fourth-order valence-electron chi connectivity index (χ4n) is 10.5. The van der Waals surface area contributed by atoms with E-state index in [1.54, 1.807) is 0 Å². The first-order chi connectivity index (χ1) is 31.2. The van der Waals surface area contributed by atoms with Gasteiger partial charge in [0.15, 0.2) is 0 Å². The van der Waals surface area contributed by atoms with Gasteiger partial charge < -0.3 is 4.42 Å². The van der Waals surface area contributed by atoms with Gasteiger partial charge in [-0.1, -0.05) is 202 Å². The van der Waals surface area contributed by atoms with Crippen LogP contribution >= 0.6 is 0 Å². The summed E-state index contributed by atoms with van der Waals surface area (Å²) in [5, 5.41) is 12.2. The maximum Gasteiger partial charge on any atom is 0.143 e. The molecule has 0 atom stereocenters. The lowest BCUT2D eigenvalue weighted by Gasteiger charge is -2.18. The first-order valence-corrected chi connectivity index (χ1v) is 22.3. The van der Waals surface area contributed by atoms with Crippen molar-refractivity contribution in [2.24, 2.45) is 0 Å². The molecule has 0 aliphatic rings. The molecule has 0 bridgehead atoms. The van der Waals surface area contributed by atoms with Gasteiger partial charge in [-0.15, -0.1) is 0 Å². The summed E-state index contributed by atoms with van der Waals surface area (Å²) >= 11 is 0. The molecule has 0 saturated heterocycles. The number of fused-ring (bicyclic) bond motifs is 8. The Labute approximate surface area is 367 Å². The van der Waals surface area contributed by atoms with E-state index in [2.05, 4.69) is 220 Å². The van der Waals surface area contributed by atoms with Gasteiger partial charge in [0.1, 0.15) is 11.2 Å². The third-order valence-electron chi connectivity index (χ3n) is 13.5. The molecule has 1 heterocycles. The van der Waals surface area contributed by atoms with Crippen LogP contribution in [0.2, 0.25) is 0 Å². The summed E-state index contributed by atoms with van der Waals surface area (Å²) in [6.07, 6.45) is 1.88. The van der Waals surface area contributed by atoms with Crippen LogP contribution in [0.4, 0.5) is 0 Å². The molecule has 1 nitrogen and oxygen atoms in total. The molecule has 0 aliphatic carbocycles. The normalized spacial score (nSPS) is 11.8. The molecule has 12 rings (SSSR count). The first kappa shape index (κ1) is 37.1. The van der Waals surface area contributed by atoms with Gasteiger partial charge in [0.05, 0.1) is 0 Å². The van der Waals surface area contributed by atoms with Crippen molar-refractivity contribution in [1.82, 2.24) is 0 Å². The molecule has 0 fully saturated rings. The van der Waals surface area contributed by atoms with Gasteiger partial charge in [-0.25, -0.2) is 0 Å². The van der Waals surface area contributed by atoms with E-state index in [4.69, 9.17) is 4.42 Å². The number of benzene rings is 11. The number of furan rings is 1. The zero-order valence-corrected chi connectivity index (χ0v) is 35.5. The van der Waals surface area contributed by atoms with Crippen LogP contribution < -0.4 is 0 Å². The summed E-state index contributed by atoms with van der Waals surface area (Å²) in [6.45, 7) is 4.48.